The summed E-state index contributed by atoms with van der Waals surface area (Å²) in [4.78, 5) is 4.71. The summed E-state index contributed by atoms with van der Waals surface area (Å²) in [5, 5.41) is 5.85. The maximum Gasteiger partial charge on any atom is 0.0239 e. The predicted molar refractivity (Wildman–Crippen MR) is 101 cm³/mol. The molecule has 1 radical (unpaired) electrons. The van der Waals surface area contributed by atoms with Gasteiger partial charge in [-0.3, -0.25) is 0 Å². The minimum atomic E-state index is 0. The summed E-state index contributed by atoms with van der Waals surface area (Å²) < 4.78 is 0. The summed E-state index contributed by atoms with van der Waals surface area (Å²) in [7, 11) is 0. The second kappa shape index (κ2) is 6.40. The summed E-state index contributed by atoms with van der Waals surface area (Å²) >= 11 is 0. The van der Waals surface area contributed by atoms with Crippen molar-refractivity contribution < 1.29 is 20.1 Å². The molecule has 25 heavy (non-hydrogen) atoms. The number of aromatic nitrogens is 1. The average Bonchev–Trinajstić information content (AvgIpc) is 2.67. The van der Waals surface area contributed by atoms with E-state index >= 15 is 0 Å². The molecule has 0 aliphatic heterocycles. The number of pyridine rings is 1. The smallest absolute Gasteiger partial charge is 0.0239 e. The molecular formula is C23H14IrN-. The van der Waals surface area contributed by atoms with Crippen LogP contribution in [-0.4, -0.2) is 4.98 Å². The fourth-order valence-corrected chi connectivity index (χ4v) is 3.38. The molecule has 1 nitrogen and oxygen atoms in total. The van der Waals surface area contributed by atoms with Crippen molar-refractivity contribution in [2.75, 3.05) is 0 Å². The molecule has 5 aromatic rings. The third-order valence-electron chi connectivity index (χ3n) is 4.58. The molecule has 0 atom stereocenters. The molecule has 0 spiro atoms. The van der Waals surface area contributed by atoms with Crippen LogP contribution in [0, 0.1) is 6.07 Å². The molecular weight excluding hydrogens is 482 g/mol. The van der Waals surface area contributed by atoms with E-state index in [2.05, 4.69) is 78.9 Å². The topological polar surface area (TPSA) is 12.9 Å². The van der Waals surface area contributed by atoms with Gasteiger partial charge in [0, 0.05) is 26.3 Å². The van der Waals surface area contributed by atoms with Gasteiger partial charge >= 0.3 is 0 Å². The van der Waals surface area contributed by atoms with Crippen molar-refractivity contribution in [3.05, 3.63) is 91.1 Å². The number of hydrogen-bond donors (Lipinski definition) is 0. The van der Waals surface area contributed by atoms with Crippen molar-refractivity contribution in [1.82, 2.24) is 4.98 Å². The first-order valence-corrected chi connectivity index (χ1v) is 8.07. The Morgan fingerprint density at radius 3 is 2.36 bits per heavy atom. The van der Waals surface area contributed by atoms with E-state index in [4.69, 9.17) is 4.98 Å². The molecule has 0 aliphatic carbocycles. The van der Waals surface area contributed by atoms with Gasteiger partial charge in [-0.15, -0.1) is 29.0 Å². The van der Waals surface area contributed by atoms with E-state index in [1.54, 1.807) is 0 Å². The van der Waals surface area contributed by atoms with Crippen LogP contribution in [-0.2, 0) is 20.1 Å². The Morgan fingerprint density at radius 1 is 0.680 bits per heavy atom. The van der Waals surface area contributed by atoms with Gasteiger partial charge in [-0.05, 0) is 21.7 Å². The van der Waals surface area contributed by atoms with E-state index < -0.39 is 0 Å². The Morgan fingerprint density at radius 2 is 1.48 bits per heavy atom. The molecule has 5 rings (SSSR count). The number of nitrogens with zero attached hydrogens (tertiary/aromatic N) is 1. The molecule has 0 aliphatic rings. The normalized spacial score (nSPS) is 10.9. The van der Waals surface area contributed by atoms with Gasteiger partial charge in [-0.25, -0.2) is 0 Å². The summed E-state index contributed by atoms with van der Waals surface area (Å²) in [6.07, 6.45) is 1.95. The Hall–Kier alpha value is -2.54. The first-order valence-electron chi connectivity index (χ1n) is 8.07. The molecule has 4 aromatic carbocycles. The molecule has 0 saturated heterocycles. The van der Waals surface area contributed by atoms with Crippen LogP contribution < -0.4 is 0 Å². The van der Waals surface area contributed by atoms with Crippen molar-refractivity contribution in [1.29, 1.82) is 0 Å². The first-order chi connectivity index (χ1) is 11.9. The third kappa shape index (κ3) is 2.64. The maximum absolute atomic E-state index is 4.71. The van der Waals surface area contributed by atoms with Gasteiger partial charge in [0.25, 0.3) is 0 Å². The molecule has 0 saturated carbocycles. The van der Waals surface area contributed by atoms with Crippen LogP contribution in [0.25, 0.3) is 43.6 Å². The Bertz CT molecular complexity index is 1200. The summed E-state index contributed by atoms with van der Waals surface area (Å²) in [5.74, 6) is 0. The Labute approximate surface area is 159 Å². The van der Waals surface area contributed by atoms with Gasteiger partial charge in [0.05, 0.1) is 0 Å². The van der Waals surface area contributed by atoms with Crippen LogP contribution >= 0.6 is 0 Å². The van der Waals surface area contributed by atoms with Gasteiger partial charge in [0.2, 0.25) is 0 Å². The van der Waals surface area contributed by atoms with Gasteiger partial charge in [0.1, 0.15) is 0 Å². The molecule has 0 fully saturated rings. The zero-order valence-corrected chi connectivity index (χ0v) is 15.8. The van der Waals surface area contributed by atoms with E-state index in [1.807, 2.05) is 12.3 Å². The summed E-state index contributed by atoms with van der Waals surface area (Å²) in [6, 6.07) is 30.9. The molecule has 0 N–H and O–H groups in total. The number of benzene rings is 4. The maximum atomic E-state index is 4.71. The first kappa shape index (κ1) is 16.0. The molecule has 121 valence electrons. The third-order valence-corrected chi connectivity index (χ3v) is 4.58. The van der Waals surface area contributed by atoms with E-state index in [0.29, 0.717) is 0 Å². The van der Waals surface area contributed by atoms with Crippen LogP contribution in [0.2, 0.25) is 0 Å². The Balaban J connectivity index is 0.00000157. The quantitative estimate of drug-likeness (QED) is 0.205. The fourth-order valence-electron chi connectivity index (χ4n) is 3.38. The summed E-state index contributed by atoms with van der Waals surface area (Å²) in [5.41, 5.74) is 3.41. The average molecular weight is 497 g/mol. The number of rotatable bonds is 1. The molecule has 0 unspecified atom stereocenters. The van der Waals surface area contributed by atoms with Crippen LogP contribution in [0.3, 0.4) is 0 Å². The van der Waals surface area contributed by atoms with Gasteiger partial charge < -0.3 is 4.98 Å². The SMILES string of the molecule is [Ir].[c-]1cc(-c2ccccc2)cc2ccc3c4ccccc4cnc3c12. The number of fused-ring (bicyclic) bond motifs is 5. The molecule has 1 heterocycles. The van der Waals surface area contributed by atoms with E-state index in [-0.39, 0.29) is 20.1 Å². The molecule has 2 heteroatoms. The van der Waals surface area contributed by atoms with E-state index in [9.17, 15) is 0 Å². The zero-order valence-electron chi connectivity index (χ0n) is 13.4. The monoisotopic (exact) mass is 497 g/mol. The minimum Gasteiger partial charge on any atom is -0.303 e. The standard InChI is InChI=1S/C23H14N.Ir/c1-2-6-16(7-3-1)17-10-12-21-18(14-17)11-13-22-20-9-5-4-8-19(20)15-24-23(21)22;/h1-11,13-15H;/q-1;. The van der Waals surface area contributed by atoms with Crippen LogP contribution in [0.1, 0.15) is 0 Å². The van der Waals surface area contributed by atoms with Crippen molar-refractivity contribution >= 4 is 32.4 Å². The summed E-state index contributed by atoms with van der Waals surface area (Å²) in [6.45, 7) is 0. The second-order valence-electron chi connectivity index (χ2n) is 6.03. The number of hydrogen-bond acceptors (Lipinski definition) is 1. The molecule has 0 amide bonds. The van der Waals surface area contributed by atoms with Crippen molar-refractivity contribution in [2.45, 2.75) is 0 Å². The predicted octanol–water partition coefficient (Wildman–Crippen LogP) is 6.01. The van der Waals surface area contributed by atoms with E-state index in [0.717, 1.165) is 10.9 Å². The molecule has 0 bridgehead atoms. The van der Waals surface area contributed by atoms with Crippen molar-refractivity contribution in [3.63, 3.8) is 0 Å². The van der Waals surface area contributed by atoms with E-state index in [1.165, 1.54) is 32.7 Å². The Kier molecular flexibility index (Phi) is 4.09. The fraction of sp³-hybridized carbons (Fsp3) is 0. The van der Waals surface area contributed by atoms with Gasteiger partial charge in [-0.2, -0.15) is 0 Å². The van der Waals surface area contributed by atoms with Crippen LogP contribution in [0.15, 0.2) is 85.1 Å². The molecule has 1 aromatic heterocycles. The van der Waals surface area contributed by atoms with Gasteiger partial charge in [0.15, 0.2) is 0 Å². The largest absolute Gasteiger partial charge is 0.303 e. The van der Waals surface area contributed by atoms with Crippen molar-refractivity contribution in [2.24, 2.45) is 0 Å². The van der Waals surface area contributed by atoms with Crippen molar-refractivity contribution in [3.8, 4) is 11.1 Å². The zero-order chi connectivity index (χ0) is 15.9. The van der Waals surface area contributed by atoms with Crippen LogP contribution in [0.4, 0.5) is 0 Å². The second-order valence-corrected chi connectivity index (χ2v) is 6.03. The minimum absolute atomic E-state index is 0. The van der Waals surface area contributed by atoms with Gasteiger partial charge in [-0.1, -0.05) is 77.9 Å². The van der Waals surface area contributed by atoms with Crippen LogP contribution in [0.5, 0.6) is 0 Å².